The third kappa shape index (κ3) is 1.95. The van der Waals surface area contributed by atoms with Crippen molar-refractivity contribution in [3.8, 4) is 0 Å². The lowest BCUT2D eigenvalue weighted by molar-refractivity contribution is 0.172. The first-order valence-electron chi connectivity index (χ1n) is 3.58. The Kier molecular flexibility index (Phi) is 2.49. The summed E-state index contributed by atoms with van der Waals surface area (Å²) < 4.78 is 5.01. The van der Waals surface area contributed by atoms with Crippen LogP contribution in [0.4, 0.5) is 0 Å². The van der Waals surface area contributed by atoms with E-state index in [9.17, 15) is 0 Å². The molecule has 1 aliphatic rings. The van der Waals surface area contributed by atoms with E-state index in [-0.39, 0.29) is 0 Å². The van der Waals surface area contributed by atoms with Crippen LogP contribution in [0.15, 0.2) is 0 Å². The first kappa shape index (κ1) is 7.03. The molecule has 1 aliphatic heterocycles. The molecule has 1 heterocycles. The number of hydrogen-bond acceptors (Lipinski definition) is 2. The van der Waals surface area contributed by atoms with E-state index in [0.717, 1.165) is 6.61 Å². The summed E-state index contributed by atoms with van der Waals surface area (Å²) in [6.07, 6.45) is 2.57. The largest absolute Gasteiger partial charge is 0.383 e. The van der Waals surface area contributed by atoms with Gasteiger partial charge >= 0.3 is 0 Å². The number of rotatable bonds is 2. The van der Waals surface area contributed by atoms with Gasteiger partial charge in [0.25, 0.3) is 0 Å². The van der Waals surface area contributed by atoms with Crippen LogP contribution in [0.2, 0.25) is 0 Å². The lowest BCUT2D eigenvalue weighted by Crippen LogP contribution is -2.30. The maximum atomic E-state index is 5.01. The van der Waals surface area contributed by atoms with Gasteiger partial charge in [0.15, 0.2) is 0 Å². The highest BCUT2D eigenvalue weighted by Crippen LogP contribution is 2.10. The Morgan fingerprint density at radius 2 is 2.33 bits per heavy atom. The standard InChI is InChI=1S/C7H15NO/c1-6-3-4-7(8-6)5-9-2/h6-8H,3-5H2,1-2H3/t6-,7+/m1/s1. The van der Waals surface area contributed by atoms with Gasteiger partial charge in [-0.25, -0.2) is 0 Å². The van der Waals surface area contributed by atoms with Crippen LogP contribution in [0.1, 0.15) is 19.8 Å². The zero-order valence-electron chi connectivity index (χ0n) is 6.18. The van der Waals surface area contributed by atoms with Crippen molar-refractivity contribution in [3.05, 3.63) is 0 Å². The molecule has 2 nitrogen and oxygen atoms in total. The highest BCUT2D eigenvalue weighted by atomic mass is 16.5. The average molecular weight is 129 g/mol. The van der Waals surface area contributed by atoms with Crippen molar-refractivity contribution in [3.63, 3.8) is 0 Å². The molecule has 0 aromatic heterocycles. The van der Waals surface area contributed by atoms with Gasteiger partial charge < -0.3 is 10.1 Å². The molecule has 2 atom stereocenters. The molecule has 2 heteroatoms. The Labute approximate surface area is 56.6 Å². The Morgan fingerprint density at radius 3 is 2.78 bits per heavy atom. The SMILES string of the molecule is COC[C@@H]1CC[C@@H](C)N1. The van der Waals surface area contributed by atoms with Gasteiger partial charge in [0, 0.05) is 19.2 Å². The molecule has 0 saturated carbocycles. The summed E-state index contributed by atoms with van der Waals surface area (Å²) in [5.41, 5.74) is 0. The van der Waals surface area contributed by atoms with E-state index in [4.69, 9.17) is 4.74 Å². The minimum absolute atomic E-state index is 0.616. The molecule has 1 N–H and O–H groups in total. The monoisotopic (exact) mass is 129 g/mol. The normalized spacial score (nSPS) is 35.3. The second kappa shape index (κ2) is 3.18. The number of methoxy groups -OCH3 is 1. The van der Waals surface area contributed by atoms with Crippen LogP contribution in [-0.2, 0) is 4.74 Å². The van der Waals surface area contributed by atoms with E-state index in [1.807, 2.05) is 0 Å². The zero-order valence-corrected chi connectivity index (χ0v) is 6.18. The third-order valence-electron chi connectivity index (χ3n) is 1.84. The molecule has 1 rings (SSSR count). The molecule has 0 aliphatic carbocycles. The fraction of sp³-hybridized carbons (Fsp3) is 1.00. The number of hydrogen-bond donors (Lipinski definition) is 1. The van der Waals surface area contributed by atoms with Gasteiger partial charge in [0.1, 0.15) is 0 Å². The molecular weight excluding hydrogens is 114 g/mol. The maximum absolute atomic E-state index is 5.01. The Morgan fingerprint density at radius 1 is 1.56 bits per heavy atom. The lowest BCUT2D eigenvalue weighted by atomic mass is 10.2. The molecule has 9 heavy (non-hydrogen) atoms. The van der Waals surface area contributed by atoms with Crippen molar-refractivity contribution in [1.29, 1.82) is 0 Å². The Balaban J connectivity index is 2.14. The van der Waals surface area contributed by atoms with E-state index in [0.29, 0.717) is 12.1 Å². The van der Waals surface area contributed by atoms with Gasteiger partial charge in [-0.05, 0) is 19.8 Å². The third-order valence-corrected chi connectivity index (χ3v) is 1.84. The molecule has 0 radical (unpaired) electrons. The minimum Gasteiger partial charge on any atom is -0.383 e. The van der Waals surface area contributed by atoms with Crippen molar-refractivity contribution in [1.82, 2.24) is 5.32 Å². The van der Waals surface area contributed by atoms with Gasteiger partial charge in [-0.15, -0.1) is 0 Å². The highest BCUT2D eigenvalue weighted by molar-refractivity contribution is 4.79. The van der Waals surface area contributed by atoms with E-state index in [1.165, 1.54) is 12.8 Å². The summed E-state index contributed by atoms with van der Waals surface area (Å²) in [4.78, 5) is 0. The van der Waals surface area contributed by atoms with Crippen molar-refractivity contribution in [2.24, 2.45) is 0 Å². The van der Waals surface area contributed by atoms with Crippen LogP contribution >= 0.6 is 0 Å². The molecule has 0 amide bonds. The molecule has 0 spiro atoms. The fourth-order valence-corrected chi connectivity index (χ4v) is 1.35. The van der Waals surface area contributed by atoms with Crippen molar-refractivity contribution in [2.75, 3.05) is 13.7 Å². The molecular formula is C7H15NO. The zero-order chi connectivity index (χ0) is 6.69. The van der Waals surface area contributed by atoms with Crippen LogP contribution in [0.3, 0.4) is 0 Å². The van der Waals surface area contributed by atoms with Crippen LogP contribution in [0.5, 0.6) is 0 Å². The topological polar surface area (TPSA) is 21.3 Å². The Bertz CT molecular complexity index is 83.0. The van der Waals surface area contributed by atoms with Crippen molar-refractivity contribution >= 4 is 0 Å². The molecule has 54 valence electrons. The van der Waals surface area contributed by atoms with Crippen molar-refractivity contribution in [2.45, 2.75) is 31.8 Å². The predicted octanol–water partition coefficient (Wildman–Crippen LogP) is 0.773. The summed E-state index contributed by atoms with van der Waals surface area (Å²) in [7, 11) is 1.75. The van der Waals surface area contributed by atoms with Crippen LogP contribution in [-0.4, -0.2) is 25.8 Å². The van der Waals surface area contributed by atoms with Crippen LogP contribution < -0.4 is 5.32 Å². The number of ether oxygens (including phenoxy) is 1. The lowest BCUT2D eigenvalue weighted by Gasteiger charge is -2.08. The molecule has 0 aromatic rings. The first-order valence-corrected chi connectivity index (χ1v) is 3.58. The molecule has 1 saturated heterocycles. The van der Waals surface area contributed by atoms with Gasteiger partial charge in [0.05, 0.1) is 6.61 Å². The van der Waals surface area contributed by atoms with Gasteiger partial charge in [0.2, 0.25) is 0 Å². The van der Waals surface area contributed by atoms with Gasteiger partial charge in [-0.2, -0.15) is 0 Å². The second-order valence-corrected chi connectivity index (χ2v) is 2.80. The molecule has 1 fully saturated rings. The fourth-order valence-electron chi connectivity index (χ4n) is 1.35. The highest BCUT2D eigenvalue weighted by Gasteiger charge is 2.18. The summed E-state index contributed by atoms with van der Waals surface area (Å²) in [5.74, 6) is 0. The van der Waals surface area contributed by atoms with E-state index >= 15 is 0 Å². The Hall–Kier alpha value is -0.0800. The number of nitrogens with one attached hydrogen (secondary N) is 1. The predicted molar refractivity (Wildman–Crippen MR) is 37.5 cm³/mol. The van der Waals surface area contributed by atoms with Crippen LogP contribution in [0.25, 0.3) is 0 Å². The van der Waals surface area contributed by atoms with E-state index < -0.39 is 0 Å². The second-order valence-electron chi connectivity index (χ2n) is 2.80. The quantitative estimate of drug-likeness (QED) is 0.594. The van der Waals surface area contributed by atoms with E-state index in [1.54, 1.807) is 7.11 Å². The first-order chi connectivity index (χ1) is 4.33. The summed E-state index contributed by atoms with van der Waals surface area (Å²) in [5, 5.41) is 3.43. The maximum Gasteiger partial charge on any atom is 0.0615 e. The smallest absolute Gasteiger partial charge is 0.0615 e. The summed E-state index contributed by atoms with van der Waals surface area (Å²) >= 11 is 0. The molecule has 0 bridgehead atoms. The summed E-state index contributed by atoms with van der Waals surface area (Å²) in [6.45, 7) is 3.08. The van der Waals surface area contributed by atoms with Crippen molar-refractivity contribution < 1.29 is 4.74 Å². The molecule has 0 aromatic carbocycles. The van der Waals surface area contributed by atoms with Crippen LogP contribution in [0, 0.1) is 0 Å². The van der Waals surface area contributed by atoms with Gasteiger partial charge in [-0.3, -0.25) is 0 Å². The minimum atomic E-state index is 0.616. The van der Waals surface area contributed by atoms with E-state index in [2.05, 4.69) is 12.2 Å². The molecule has 0 unspecified atom stereocenters. The summed E-state index contributed by atoms with van der Waals surface area (Å²) in [6, 6.07) is 1.31. The average Bonchev–Trinajstić information content (AvgIpc) is 2.17. The van der Waals surface area contributed by atoms with Gasteiger partial charge in [-0.1, -0.05) is 0 Å².